The van der Waals surface area contributed by atoms with Crippen molar-refractivity contribution in [1.29, 1.82) is 0 Å². The maximum absolute atomic E-state index is 9.75. The fourth-order valence-electron chi connectivity index (χ4n) is 0.154. The summed E-state index contributed by atoms with van der Waals surface area (Å²) < 4.78 is 0. The van der Waals surface area contributed by atoms with Gasteiger partial charge in [-0.3, -0.25) is 4.79 Å². The van der Waals surface area contributed by atoms with Gasteiger partial charge in [-0.1, -0.05) is 6.58 Å². The van der Waals surface area contributed by atoms with E-state index in [4.69, 9.17) is 5.11 Å². The lowest BCUT2D eigenvalue weighted by molar-refractivity contribution is 0.179. The van der Waals surface area contributed by atoms with Gasteiger partial charge in [-0.05, 0) is 0 Å². The molecule has 0 atom stereocenters. The maximum Gasteiger partial charge on any atom is 0.418 e. The minimum absolute atomic E-state index is 0.292. The molecule has 0 saturated heterocycles. The van der Waals surface area contributed by atoms with Gasteiger partial charge in [0.1, 0.15) is 0 Å². The monoisotopic (exact) mass is 114 g/mol. The van der Waals surface area contributed by atoms with Crippen LogP contribution in [-0.2, 0) is 4.79 Å². The Bertz CT molecular complexity index is 112. The van der Waals surface area contributed by atoms with E-state index in [0.717, 1.165) is 12.6 Å². The van der Waals surface area contributed by atoms with Crippen LogP contribution in [0.4, 0.5) is 4.79 Å². The third kappa shape index (κ3) is 1.42. The average Bonchev–Trinajstić information content (AvgIpc) is 1.69. The molecule has 0 saturated carbocycles. The Labute approximate surface area is 46.0 Å². The lowest BCUT2D eigenvalue weighted by Crippen LogP contribution is -2.20. The molecule has 0 aromatic rings. The number of rotatable bonds is 2. The smallest absolute Gasteiger partial charge is 0.418 e. The van der Waals surface area contributed by atoms with E-state index in [1.807, 2.05) is 0 Å². The Morgan fingerprint density at radius 2 is 2.38 bits per heavy atom. The molecule has 0 rings (SSSR count). The van der Waals surface area contributed by atoms with E-state index in [-0.39, 0.29) is 0 Å². The summed E-state index contributed by atoms with van der Waals surface area (Å²) in [4.78, 5) is 19.6. The first-order valence-corrected chi connectivity index (χ1v) is 1.75. The largest absolute Gasteiger partial charge is 0.464 e. The van der Waals surface area contributed by atoms with Crippen molar-refractivity contribution in [2.45, 2.75) is 0 Å². The molecular weight excluding hydrogens is 110 g/mol. The van der Waals surface area contributed by atoms with Crippen molar-refractivity contribution in [3.05, 3.63) is 12.8 Å². The van der Waals surface area contributed by atoms with Crippen LogP contribution in [0.15, 0.2) is 12.8 Å². The zero-order chi connectivity index (χ0) is 6.57. The van der Waals surface area contributed by atoms with Gasteiger partial charge >= 0.3 is 12.5 Å². The molecule has 0 bridgehead atoms. The lowest BCUT2D eigenvalue weighted by Gasteiger charge is -1.98. The van der Waals surface area contributed by atoms with E-state index in [1.54, 1.807) is 0 Å². The molecule has 1 N–H and O–H groups in total. The van der Waals surface area contributed by atoms with Crippen LogP contribution in [0.2, 0.25) is 0 Å². The summed E-state index contributed by atoms with van der Waals surface area (Å²) in [7, 11) is 0. The normalized spacial score (nSPS) is 7.50. The quantitative estimate of drug-likeness (QED) is 0.521. The number of imide groups is 1. The highest BCUT2D eigenvalue weighted by atomic mass is 16.4. The molecule has 0 unspecified atom stereocenters. The van der Waals surface area contributed by atoms with Crippen LogP contribution >= 0.6 is 0 Å². The summed E-state index contributed by atoms with van der Waals surface area (Å²) in [6, 6.07) is 0. The van der Waals surface area contributed by atoms with Crippen molar-refractivity contribution in [2.24, 2.45) is 0 Å². The first kappa shape index (κ1) is 6.68. The summed E-state index contributed by atoms with van der Waals surface area (Å²) >= 11 is 0. The van der Waals surface area contributed by atoms with Gasteiger partial charge in [0.25, 0.3) is 0 Å². The lowest BCUT2D eigenvalue weighted by atomic mass is 10.8. The van der Waals surface area contributed by atoms with Gasteiger partial charge in [-0.25, -0.2) is 9.69 Å². The molecule has 0 heterocycles. The van der Waals surface area contributed by atoms with Crippen LogP contribution in [0, 0.1) is 0 Å². The van der Waals surface area contributed by atoms with Crippen molar-refractivity contribution in [3.8, 4) is 0 Å². The summed E-state index contributed by atoms with van der Waals surface area (Å²) in [5, 5.41) is 7.97. The van der Waals surface area contributed by atoms with E-state index in [0.29, 0.717) is 4.90 Å². The van der Waals surface area contributed by atoms with Crippen molar-refractivity contribution >= 4 is 12.5 Å². The first-order valence-electron chi connectivity index (χ1n) is 1.75. The zero-order valence-electron chi connectivity index (χ0n) is 4.00. The molecule has 0 aromatic carbocycles. The molecule has 4 nitrogen and oxygen atoms in total. The molecule has 4 heteroatoms. The SMILES string of the molecule is C=CN([C]=O)C(=O)O. The van der Waals surface area contributed by atoms with Crippen LogP contribution in [0.25, 0.3) is 0 Å². The average molecular weight is 114 g/mol. The fraction of sp³-hybridized carbons (Fsp3) is 0. The highest BCUT2D eigenvalue weighted by Crippen LogP contribution is 1.80. The van der Waals surface area contributed by atoms with E-state index in [2.05, 4.69) is 6.58 Å². The van der Waals surface area contributed by atoms with Crippen LogP contribution in [0.3, 0.4) is 0 Å². The van der Waals surface area contributed by atoms with Crippen LogP contribution in [0.1, 0.15) is 0 Å². The predicted molar refractivity (Wildman–Crippen MR) is 25.8 cm³/mol. The van der Waals surface area contributed by atoms with Gasteiger partial charge in [-0.15, -0.1) is 0 Å². The molecule has 8 heavy (non-hydrogen) atoms. The molecular formula is C4H4NO3. The number of hydrogen-bond acceptors (Lipinski definition) is 2. The first-order chi connectivity index (χ1) is 3.72. The summed E-state index contributed by atoms with van der Waals surface area (Å²) in [5.41, 5.74) is 0. The van der Waals surface area contributed by atoms with Crippen molar-refractivity contribution in [3.63, 3.8) is 0 Å². The second-order valence-corrected chi connectivity index (χ2v) is 0.926. The molecule has 0 aliphatic heterocycles. The molecule has 0 fully saturated rings. The second kappa shape index (κ2) is 2.79. The molecule has 0 aliphatic rings. The number of carbonyl (C=O) groups excluding carboxylic acids is 1. The predicted octanol–water partition coefficient (Wildman–Crippen LogP) is 0.177. The molecule has 2 amide bonds. The van der Waals surface area contributed by atoms with Gasteiger partial charge in [0.15, 0.2) is 0 Å². The minimum atomic E-state index is -1.38. The van der Waals surface area contributed by atoms with Crippen molar-refractivity contribution in [1.82, 2.24) is 4.90 Å². The van der Waals surface area contributed by atoms with Crippen LogP contribution in [0.5, 0.6) is 0 Å². The Morgan fingerprint density at radius 3 is 2.38 bits per heavy atom. The highest BCUT2D eigenvalue weighted by Gasteiger charge is 2.03. The second-order valence-electron chi connectivity index (χ2n) is 0.926. The number of hydrogen-bond donors (Lipinski definition) is 1. The number of carboxylic acid groups (broad SMARTS) is 1. The number of amides is 2. The summed E-state index contributed by atoms with van der Waals surface area (Å²) in [6.45, 7) is 3.04. The summed E-state index contributed by atoms with van der Waals surface area (Å²) in [6.07, 6.45) is 0.594. The molecule has 0 aromatic heterocycles. The van der Waals surface area contributed by atoms with Gasteiger partial charge < -0.3 is 5.11 Å². The van der Waals surface area contributed by atoms with Gasteiger partial charge in [0, 0.05) is 6.20 Å². The molecule has 1 radical (unpaired) electrons. The minimum Gasteiger partial charge on any atom is -0.464 e. The maximum atomic E-state index is 9.75. The van der Waals surface area contributed by atoms with Crippen molar-refractivity contribution in [2.75, 3.05) is 0 Å². The van der Waals surface area contributed by atoms with Crippen molar-refractivity contribution < 1.29 is 14.7 Å². The summed E-state index contributed by atoms with van der Waals surface area (Å²) in [5.74, 6) is 0. The Morgan fingerprint density at radius 1 is 1.88 bits per heavy atom. The zero-order valence-corrected chi connectivity index (χ0v) is 4.00. The molecule has 43 valence electrons. The van der Waals surface area contributed by atoms with E-state index in [9.17, 15) is 9.59 Å². The van der Waals surface area contributed by atoms with E-state index in [1.165, 1.54) is 0 Å². The van der Waals surface area contributed by atoms with E-state index >= 15 is 0 Å². The molecule has 0 aliphatic carbocycles. The Kier molecular flexibility index (Phi) is 2.33. The standard InChI is InChI=1S/C4H4NO3/c1-2-5(3-6)4(7)8/h2H,1H2,(H,7,8). The Hall–Kier alpha value is -1.32. The van der Waals surface area contributed by atoms with Gasteiger partial charge in [0.2, 0.25) is 0 Å². The Balaban J connectivity index is 3.88. The number of carbonyl (C=O) groups is 1. The van der Waals surface area contributed by atoms with E-state index < -0.39 is 6.09 Å². The number of nitrogens with zero attached hydrogens (tertiary/aromatic N) is 1. The van der Waals surface area contributed by atoms with Gasteiger partial charge in [0.05, 0.1) is 0 Å². The van der Waals surface area contributed by atoms with Crippen LogP contribution in [-0.4, -0.2) is 22.5 Å². The topological polar surface area (TPSA) is 57.6 Å². The van der Waals surface area contributed by atoms with Crippen LogP contribution < -0.4 is 0 Å². The third-order valence-electron chi connectivity index (χ3n) is 0.487. The fourth-order valence-corrected chi connectivity index (χ4v) is 0.154. The molecule has 0 spiro atoms. The third-order valence-corrected chi connectivity index (χ3v) is 0.487. The van der Waals surface area contributed by atoms with Gasteiger partial charge in [-0.2, -0.15) is 0 Å². The highest BCUT2D eigenvalue weighted by molar-refractivity contribution is 5.80.